The largest absolute Gasteiger partial charge is 0.511 e. The number of hydrogen-bond donors (Lipinski definition) is 3. The molecular weight excluding hydrogens is 647 g/mol. The Bertz CT molecular complexity index is 1650. The zero-order valence-corrected chi connectivity index (χ0v) is 27.3. The van der Waals surface area contributed by atoms with Gasteiger partial charge in [0.25, 0.3) is 0 Å². The number of oxazole rings is 1. The van der Waals surface area contributed by atoms with Crippen LogP contribution in [-0.4, -0.2) is 85.1 Å². The van der Waals surface area contributed by atoms with E-state index in [9.17, 15) is 40.8 Å². The number of fused-ring (bicyclic) bond motifs is 2. The molecule has 3 N–H and O–H groups in total. The van der Waals surface area contributed by atoms with Crippen molar-refractivity contribution in [3.05, 3.63) is 24.3 Å². The Morgan fingerprint density at radius 1 is 1.19 bits per heavy atom. The van der Waals surface area contributed by atoms with Crippen LogP contribution in [0.2, 0.25) is 0 Å². The van der Waals surface area contributed by atoms with Gasteiger partial charge >= 0.3 is 21.6 Å². The highest BCUT2D eigenvalue weighted by Gasteiger charge is 2.70. The summed E-state index contributed by atoms with van der Waals surface area (Å²) < 4.78 is 76.6. The number of sulfonamides is 1. The first-order valence-corrected chi connectivity index (χ1v) is 16.7. The average Bonchev–Trinajstić information content (AvgIpc) is 3.47. The lowest BCUT2D eigenvalue weighted by Gasteiger charge is -2.37. The predicted octanol–water partition coefficient (Wildman–Crippen LogP) is 2.12. The highest BCUT2D eigenvalue weighted by Crippen LogP contribution is 2.65. The first-order chi connectivity index (χ1) is 21.7. The number of piperidine rings is 1. The predicted molar refractivity (Wildman–Crippen MR) is 160 cm³/mol. The third-order valence-corrected chi connectivity index (χ3v) is 10.6. The number of halogens is 3. The van der Waals surface area contributed by atoms with Gasteiger partial charge in [-0.25, -0.2) is 8.42 Å². The molecule has 2 aromatic rings. The molecule has 1 aromatic heterocycles. The molecule has 3 fully saturated rings. The minimum atomic E-state index is -5.91. The van der Waals surface area contributed by atoms with E-state index < -0.39 is 80.5 Å². The number of likely N-dealkylation sites (tertiary alicyclic amines) is 1. The number of Topliss-reactive ketones (excluding diaryl/α,β-unsaturated/α-hetero) is 1. The fourth-order valence-electron chi connectivity index (χ4n) is 6.63. The second kappa shape index (κ2) is 12.1. The summed E-state index contributed by atoms with van der Waals surface area (Å²) in [6.45, 7) is 7.81. The van der Waals surface area contributed by atoms with Crippen molar-refractivity contribution >= 4 is 44.6 Å². The molecule has 0 bridgehead atoms. The van der Waals surface area contributed by atoms with E-state index in [2.05, 4.69) is 15.6 Å². The van der Waals surface area contributed by atoms with E-state index in [0.29, 0.717) is 24.1 Å². The standard InChI is InChI=1S/C30H38F3N5O8S/c1-28(2,3)23(37-47(43,44)30(31,32)33)26(42)38-13-16-21(29(16,4)5)22(38)25(41)35-18(12-15-10-11-34-24(15)40)19(39)14-45-27-36-17-8-6-7-9-20(17)46-27/h6-9,15-16,18,21-23,37H,10-14H2,1-5H3,(H,34,40)(H,35,41)/t15-,16-,18-,21-,22-,23+/m0/s1. The van der Waals surface area contributed by atoms with Gasteiger partial charge in [-0.3, -0.25) is 19.2 Å². The van der Waals surface area contributed by atoms with Crippen molar-refractivity contribution < 1.29 is 49.9 Å². The number of aromatic nitrogens is 1. The second-order valence-corrected chi connectivity index (χ2v) is 15.7. The molecule has 5 rings (SSSR count). The monoisotopic (exact) mass is 685 g/mol. The maximum atomic E-state index is 14.0. The van der Waals surface area contributed by atoms with Gasteiger partial charge in [-0.1, -0.05) is 46.8 Å². The average molecular weight is 686 g/mol. The van der Waals surface area contributed by atoms with E-state index in [1.807, 2.05) is 13.8 Å². The Hall–Kier alpha value is -3.73. The van der Waals surface area contributed by atoms with Crippen LogP contribution in [0.15, 0.2) is 28.7 Å². The van der Waals surface area contributed by atoms with Crippen molar-refractivity contribution in [2.75, 3.05) is 19.7 Å². The van der Waals surface area contributed by atoms with Crippen LogP contribution in [-0.2, 0) is 29.2 Å². The third-order valence-electron chi connectivity index (χ3n) is 9.45. The normalized spacial score (nSPS) is 25.2. The highest BCUT2D eigenvalue weighted by atomic mass is 32.2. The van der Waals surface area contributed by atoms with E-state index in [0.717, 1.165) is 4.90 Å². The molecule has 258 valence electrons. The molecule has 47 heavy (non-hydrogen) atoms. The highest BCUT2D eigenvalue weighted by molar-refractivity contribution is 7.90. The van der Waals surface area contributed by atoms with Gasteiger partial charge < -0.3 is 24.7 Å². The number of amides is 3. The molecule has 2 saturated heterocycles. The topological polar surface area (TPSA) is 177 Å². The number of hydrogen-bond acceptors (Lipinski definition) is 9. The summed E-state index contributed by atoms with van der Waals surface area (Å²) in [6, 6.07) is 2.53. The Kier molecular flexibility index (Phi) is 8.88. The van der Waals surface area contributed by atoms with Crippen molar-refractivity contribution in [1.29, 1.82) is 0 Å². The zero-order valence-electron chi connectivity index (χ0n) is 26.5. The lowest BCUT2D eigenvalue weighted by atomic mass is 9.86. The summed E-state index contributed by atoms with van der Waals surface area (Å²) in [5.41, 5.74) is -6.46. The first kappa shape index (κ1) is 34.6. The summed E-state index contributed by atoms with van der Waals surface area (Å²) >= 11 is 0. The number of rotatable bonds is 11. The van der Waals surface area contributed by atoms with E-state index in [-0.39, 0.29) is 30.9 Å². The van der Waals surface area contributed by atoms with Gasteiger partial charge in [-0.2, -0.15) is 22.9 Å². The van der Waals surface area contributed by atoms with Crippen LogP contribution in [0.5, 0.6) is 6.08 Å². The van der Waals surface area contributed by atoms with Gasteiger partial charge in [-0.15, -0.1) is 0 Å². The molecule has 3 heterocycles. The second-order valence-electron chi connectivity index (χ2n) is 14.0. The van der Waals surface area contributed by atoms with Gasteiger partial charge in [0.1, 0.15) is 17.6 Å². The number of carbonyl (C=O) groups excluding carboxylic acids is 4. The molecule has 0 unspecified atom stereocenters. The fraction of sp³-hybridized carbons (Fsp3) is 0.633. The van der Waals surface area contributed by atoms with E-state index >= 15 is 0 Å². The van der Waals surface area contributed by atoms with Crippen molar-refractivity contribution in [2.45, 2.75) is 71.1 Å². The van der Waals surface area contributed by atoms with Gasteiger partial charge in [0.2, 0.25) is 17.7 Å². The first-order valence-electron chi connectivity index (χ1n) is 15.2. The lowest BCUT2D eigenvalue weighted by molar-refractivity contribution is -0.144. The quantitative estimate of drug-likeness (QED) is 0.320. The molecular formula is C30H38F3N5O8S. The minimum Gasteiger partial charge on any atom is -0.442 e. The van der Waals surface area contributed by atoms with Crippen molar-refractivity contribution in [3.8, 4) is 6.08 Å². The molecule has 1 saturated carbocycles. The molecule has 1 aliphatic carbocycles. The number of alkyl halides is 3. The SMILES string of the molecule is CC(C)(C)[C@H](NS(=O)(=O)C(F)(F)F)C(=O)N1C[C@H]2[C@@H]([C@H]1C(=O)N[C@@H](C[C@@H]1CCNC1=O)C(=O)COc1nc3ccccc3o1)C2(C)C. The van der Waals surface area contributed by atoms with Crippen molar-refractivity contribution in [2.24, 2.45) is 28.6 Å². The van der Waals surface area contributed by atoms with Gasteiger partial charge in [0, 0.05) is 19.0 Å². The Labute approximate surface area is 269 Å². The summed E-state index contributed by atoms with van der Waals surface area (Å²) in [7, 11) is -5.91. The van der Waals surface area contributed by atoms with Crippen LogP contribution in [0.1, 0.15) is 47.5 Å². The molecule has 1 aromatic carbocycles. The lowest BCUT2D eigenvalue weighted by Crippen LogP contribution is -2.61. The summed E-state index contributed by atoms with van der Waals surface area (Å²) in [5, 5.41) is 5.38. The summed E-state index contributed by atoms with van der Waals surface area (Å²) in [5.74, 6) is -3.84. The number of nitrogens with one attached hydrogen (secondary N) is 3. The fourth-order valence-corrected chi connectivity index (χ4v) is 7.53. The molecule has 6 atom stereocenters. The van der Waals surface area contributed by atoms with Gasteiger partial charge in [0.05, 0.1) is 6.04 Å². The summed E-state index contributed by atoms with van der Waals surface area (Å²) in [4.78, 5) is 59.0. The van der Waals surface area contributed by atoms with E-state index in [4.69, 9.17) is 9.15 Å². The van der Waals surface area contributed by atoms with E-state index in [1.165, 1.54) is 25.5 Å². The number of nitrogens with zero attached hydrogens (tertiary/aromatic N) is 2. The molecule has 17 heteroatoms. The van der Waals surface area contributed by atoms with Crippen LogP contribution in [0, 0.1) is 28.6 Å². The van der Waals surface area contributed by atoms with Crippen molar-refractivity contribution in [3.63, 3.8) is 0 Å². The molecule has 0 radical (unpaired) electrons. The maximum Gasteiger partial charge on any atom is 0.511 e. The molecule has 2 aliphatic heterocycles. The number of carbonyl (C=O) groups is 4. The van der Waals surface area contributed by atoms with E-state index in [1.54, 1.807) is 24.3 Å². The molecule has 0 spiro atoms. The molecule has 3 aliphatic rings. The summed E-state index contributed by atoms with van der Waals surface area (Å²) in [6.07, 6.45) is 0.178. The van der Waals surface area contributed by atoms with Crippen LogP contribution < -0.4 is 20.1 Å². The van der Waals surface area contributed by atoms with Crippen molar-refractivity contribution in [1.82, 2.24) is 25.2 Å². The number of para-hydroxylation sites is 2. The smallest absolute Gasteiger partial charge is 0.442 e. The van der Waals surface area contributed by atoms with Crippen LogP contribution in [0.25, 0.3) is 11.1 Å². The number of benzene rings is 1. The van der Waals surface area contributed by atoms with Gasteiger partial charge in [0.15, 0.2) is 18.0 Å². The zero-order chi connectivity index (χ0) is 34.7. The van der Waals surface area contributed by atoms with Crippen LogP contribution >= 0.6 is 0 Å². The molecule has 13 nitrogen and oxygen atoms in total. The molecule has 3 amide bonds. The van der Waals surface area contributed by atoms with Crippen LogP contribution in [0.3, 0.4) is 0 Å². The maximum absolute atomic E-state index is 14.0. The number of ketones is 1. The third kappa shape index (κ3) is 6.82. The Morgan fingerprint density at radius 3 is 2.47 bits per heavy atom. The number of ether oxygens (including phenoxy) is 1. The Morgan fingerprint density at radius 2 is 1.87 bits per heavy atom. The minimum absolute atomic E-state index is 0.000606. The van der Waals surface area contributed by atoms with Gasteiger partial charge in [-0.05, 0) is 47.6 Å². The van der Waals surface area contributed by atoms with Crippen LogP contribution in [0.4, 0.5) is 13.2 Å². The Balaban J connectivity index is 1.38.